The number of carbonyl (C=O) groups excluding carboxylic acids is 1. The number of rotatable bonds is 8. The Kier molecular flexibility index (Phi) is 8.39. The number of ether oxygens (including phenoxy) is 1. The largest absolute Gasteiger partial charge is 0.446 e. The Bertz CT molecular complexity index is 148. The van der Waals surface area contributed by atoms with Crippen LogP contribution in [0.2, 0.25) is 0 Å². The molecule has 0 aromatic heterocycles. The molecule has 1 unspecified atom stereocenters. The Morgan fingerprint density at radius 1 is 1.14 bits per heavy atom. The molecule has 0 bridgehead atoms. The van der Waals surface area contributed by atoms with Crippen molar-refractivity contribution < 1.29 is 9.53 Å². The molecule has 84 valence electrons. The zero-order valence-corrected chi connectivity index (χ0v) is 9.42. The lowest BCUT2D eigenvalue weighted by Crippen LogP contribution is -2.22. The van der Waals surface area contributed by atoms with Gasteiger partial charge in [0.1, 0.15) is 6.10 Å². The summed E-state index contributed by atoms with van der Waals surface area (Å²) in [5.41, 5.74) is 5.01. The van der Waals surface area contributed by atoms with Gasteiger partial charge in [-0.2, -0.15) is 0 Å². The van der Waals surface area contributed by atoms with Crippen LogP contribution in [-0.4, -0.2) is 12.2 Å². The lowest BCUT2D eigenvalue weighted by molar-refractivity contribution is 0.0926. The molecule has 0 aliphatic carbocycles. The number of nitrogens with two attached hydrogens (primary N) is 1. The van der Waals surface area contributed by atoms with Crippen LogP contribution in [0.15, 0.2) is 0 Å². The average molecular weight is 201 g/mol. The molecule has 3 heteroatoms. The van der Waals surface area contributed by atoms with Crippen molar-refractivity contribution in [2.75, 3.05) is 0 Å². The molecule has 0 aliphatic rings. The monoisotopic (exact) mass is 201 g/mol. The molecule has 3 nitrogen and oxygen atoms in total. The number of carbonyl (C=O) groups is 1. The van der Waals surface area contributed by atoms with Crippen molar-refractivity contribution in [2.45, 2.75) is 64.9 Å². The fraction of sp³-hybridized carbons (Fsp3) is 0.909. The topological polar surface area (TPSA) is 52.3 Å². The second-order valence-electron chi connectivity index (χ2n) is 3.70. The molecule has 1 atom stereocenters. The maximum Gasteiger partial charge on any atom is 0.404 e. The van der Waals surface area contributed by atoms with Crippen LogP contribution < -0.4 is 5.73 Å². The van der Waals surface area contributed by atoms with Crippen LogP contribution >= 0.6 is 0 Å². The van der Waals surface area contributed by atoms with Crippen LogP contribution in [0.4, 0.5) is 4.79 Å². The van der Waals surface area contributed by atoms with E-state index < -0.39 is 6.09 Å². The van der Waals surface area contributed by atoms with Gasteiger partial charge >= 0.3 is 6.09 Å². The van der Waals surface area contributed by atoms with Gasteiger partial charge in [-0.05, 0) is 19.3 Å². The van der Waals surface area contributed by atoms with Crippen molar-refractivity contribution in [1.29, 1.82) is 0 Å². The summed E-state index contributed by atoms with van der Waals surface area (Å²) in [7, 11) is 0. The van der Waals surface area contributed by atoms with Crippen molar-refractivity contribution in [3.05, 3.63) is 0 Å². The van der Waals surface area contributed by atoms with Gasteiger partial charge in [0.2, 0.25) is 0 Å². The van der Waals surface area contributed by atoms with Crippen LogP contribution in [0, 0.1) is 0 Å². The van der Waals surface area contributed by atoms with E-state index in [9.17, 15) is 4.79 Å². The normalized spacial score (nSPS) is 12.4. The smallest absolute Gasteiger partial charge is 0.404 e. The van der Waals surface area contributed by atoms with Crippen LogP contribution in [0.25, 0.3) is 0 Å². The number of hydrogen-bond acceptors (Lipinski definition) is 2. The first-order valence-corrected chi connectivity index (χ1v) is 5.66. The zero-order valence-electron chi connectivity index (χ0n) is 9.42. The third-order valence-electron chi connectivity index (χ3n) is 2.29. The molecule has 0 fully saturated rings. The second-order valence-corrected chi connectivity index (χ2v) is 3.70. The molecule has 1 amide bonds. The minimum absolute atomic E-state index is 0.0407. The summed E-state index contributed by atoms with van der Waals surface area (Å²) < 4.78 is 5.04. The highest BCUT2D eigenvalue weighted by molar-refractivity contribution is 5.64. The molecule has 0 aromatic carbocycles. The molecule has 0 rings (SSSR count). The van der Waals surface area contributed by atoms with E-state index in [4.69, 9.17) is 10.5 Å². The molecule has 0 radical (unpaired) electrons. The van der Waals surface area contributed by atoms with Gasteiger partial charge in [0.25, 0.3) is 0 Å². The maximum atomic E-state index is 10.6. The fourth-order valence-corrected chi connectivity index (χ4v) is 1.48. The molecule has 0 spiro atoms. The SMILES string of the molecule is CCCCCC(CCCC)OC(N)=O. The van der Waals surface area contributed by atoms with E-state index in [-0.39, 0.29) is 6.10 Å². The summed E-state index contributed by atoms with van der Waals surface area (Å²) in [5, 5.41) is 0. The first kappa shape index (κ1) is 13.3. The van der Waals surface area contributed by atoms with Gasteiger partial charge in [-0.25, -0.2) is 4.79 Å². The predicted molar refractivity (Wildman–Crippen MR) is 58.1 cm³/mol. The summed E-state index contributed by atoms with van der Waals surface area (Å²) in [6, 6.07) is 0. The Labute approximate surface area is 87.0 Å². The summed E-state index contributed by atoms with van der Waals surface area (Å²) in [5.74, 6) is 0. The third kappa shape index (κ3) is 7.90. The van der Waals surface area contributed by atoms with E-state index in [1.165, 1.54) is 12.8 Å². The lowest BCUT2D eigenvalue weighted by atomic mass is 10.1. The standard InChI is InChI=1S/C11H23NO2/c1-3-5-7-9-10(8-6-4-2)14-11(12)13/h10H,3-9H2,1-2H3,(H2,12,13). The van der Waals surface area contributed by atoms with Crippen LogP contribution in [-0.2, 0) is 4.74 Å². The Morgan fingerprint density at radius 2 is 1.71 bits per heavy atom. The lowest BCUT2D eigenvalue weighted by Gasteiger charge is -2.15. The molecule has 0 aromatic rings. The molecule has 0 aliphatic heterocycles. The molecule has 0 saturated heterocycles. The van der Waals surface area contributed by atoms with E-state index in [1.807, 2.05) is 0 Å². The average Bonchev–Trinajstić information content (AvgIpc) is 2.13. The summed E-state index contributed by atoms with van der Waals surface area (Å²) in [6.45, 7) is 4.30. The van der Waals surface area contributed by atoms with Crippen LogP contribution in [0.3, 0.4) is 0 Å². The van der Waals surface area contributed by atoms with E-state index >= 15 is 0 Å². The number of hydrogen-bond donors (Lipinski definition) is 1. The highest BCUT2D eigenvalue weighted by Gasteiger charge is 2.10. The molecule has 0 heterocycles. The third-order valence-corrected chi connectivity index (χ3v) is 2.29. The highest BCUT2D eigenvalue weighted by atomic mass is 16.6. The maximum absolute atomic E-state index is 10.6. The van der Waals surface area contributed by atoms with Crippen molar-refractivity contribution in [3.8, 4) is 0 Å². The molecule has 0 saturated carbocycles. The zero-order chi connectivity index (χ0) is 10.8. The van der Waals surface area contributed by atoms with Crippen molar-refractivity contribution in [2.24, 2.45) is 5.73 Å². The predicted octanol–water partition coefficient (Wildman–Crippen LogP) is 3.22. The summed E-state index contributed by atoms with van der Waals surface area (Å²) >= 11 is 0. The molecular weight excluding hydrogens is 178 g/mol. The first-order valence-electron chi connectivity index (χ1n) is 5.66. The van der Waals surface area contributed by atoms with Gasteiger partial charge in [0.15, 0.2) is 0 Å². The van der Waals surface area contributed by atoms with Crippen molar-refractivity contribution >= 4 is 6.09 Å². The molecule has 14 heavy (non-hydrogen) atoms. The first-order chi connectivity index (χ1) is 6.70. The highest BCUT2D eigenvalue weighted by Crippen LogP contribution is 2.13. The Balaban J connectivity index is 3.66. The molecular formula is C11H23NO2. The minimum Gasteiger partial charge on any atom is -0.446 e. The van der Waals surface area contributed by atoms with Gasteiger partial charge in [-0.3, -0.25) is 0 Å². The number of amides is 1. The van der Waals surface area contributed by atoms with Crippen LogP contribution in [0.5, 0.6) is 0 Å². The van der Waals surface area contributed by atoms with E-state index in [2.05, 4.69) is 13.8 Å². The number of unbranched alkanes of at least 4 members (excludes halogenated alkanes) is 3. The van der Waals surface area contributed by atoms with Crippen molar-refractivity contribution in [1.82, 2.24) is 0 Å². The molecule has 2 N–H and O–H groups in total. The van der Waals surface area contributed by atoms with E-state index in [1.54, 1.807) is 0 Å². The Morgan fingerprint density at radius 3 is 2.21 bits per heavy atom. The van der Waals surface area contributed by atoms with Crippen LogP contribution in [0.1, 0.15) is 58.8 Å². The van der Waals surface area contributed by atoms with Gasteiger partial charge in [0, 0.05) is 0 Å². The fourth-order valence-electron chi connectivity index (χ4n) is 1.48. The second kappa shape index (κ2) is 8.85. The summed E-state index contributed by atoms with van der Waals surface area (Å²) in [6.07, 6.45) is 7.05. The van der Waals surface area contributed by atoms with Gasteiger partial charge < -0.3 is 10.5 Å². The van der Waals surface area contributed by atoms with Crippen molar-refractivity contribution in [3.63, 3.8) is 0 Å². The summed E-state index contributed by atoms with van der Waals surface area (Å²) in [4.78, 5) is 10.6. The van der Waals surface area contributed by atoms with Gasteiger partial charge in [0.05, 0.1) is 0 Å². The quantitative estimate of drug-likeness (QED) is 0.613. The minimum atomic E-state index is -0.636. The van der Waals surface area contributed by atoms with E-state index in [0.29, 0.717) is 0 Å². The van der Waals surface area contributed by atoms with Gasteiger partial charge in [-0.1, -0.05) is 39.5 Å². The number of primary amides is 1. The van der Waals surface area contributed by atoms with Gasteiger partial charge in [-0.15, -0.1) is 0 Å². The Hall–Kier alpha value is -0.730. The van der Waals surface area contributed by atoms with E-state index in [0.717, 1.165) is 32.1 Å².